The third-order valence-corrected chi connectivity index (χ3v) is 2.09. The second kappa shape index (κ2) is 3.76. The second-order valence-corrected chi connectivity index (χ2v) is 3.51. The van der Waals surface area contributed by atoms with Gasteiger partial charge in [-0.15, -0.1) is 0 Å². The van der Waals surface area contributed by atoms with Crippen molar-refractivity contribution in [2.75, 3.05) is 6.61 Å². The summed E-state index contributed by atoms with van der Waals surface area (Å²) in [6.07, 6.45) is 2.62. The maximum absolute atomic E-state index is 5.41. The highest BCUT2D eigenvalue weighted by molar-refractivity contribution is 9.11. The van der Waals surface area contributed by atoms with Crippen LogP contribution in [0.15, 0.2) is 47.2 Å². The molecule has 2 heteroatoms. The van der Waals surface area contributed by atoms with Gasteiger partial charge in [-0.2, -0.15) is 0 Å². The van der Waals surface area contributed by atoms with Gasteiger partial charge >= 0.3 is 0 Å². The third-order valence-electron chi connectivity index (χ3n) is 1.73. The monoisotopic (exact) mass is 226 g/mol. The van der Waals surface area contributed by atoms with Crippen LogP contribution in [-0.4, -0.2) is 6.61 Å². The van der Waals surface area contributed by atoms with Crippen LogP contribution in [0.3, 0.4) is 0 Å². The van der Waals surface area contributed by atoms with Gasteiger partial charge in [-0.25, -0.2) is 0 Å². The van der Waals surface area contributed by atoms with Gasteiger partial charge in [0.15, 0.2) is 0 Å². The van der Waals surface area contributed by atoms with E-state index in [4.69, 9.17) is 4.74 Å². The van der Waals surface area contributed by atoms with E-state index in [-0.39, 0.29) is 0 Å². The van der Waals surface area contributed by atoms with Crippen molar-refractivity contribution in [2.24, 2.45) is 0 Å². The van der Waals surface area contributed by atoms with Gasteiger partial charge in [0.05, 0.1) is 11.1 Å². The Morgan fingerprint density at radius 3 is 2.67 bits per heavy atom. The maximum Gasteiger partial charge on any atom is 0.140 e. The summed E-state index contributed by atoms with van der Waals surface area (Å²) in [6, 6.07) is 0. The van der Waals surface area contributed by atoms with E-state index in [0.717, 1.165) is 27.8 Å². The summed E-state index contributed by atoms with van der Waals surface area (Å²) in [5, 5.41) is 0. The first-order chi connectivity index (χ1) is 5.66. The van der Waals surface area contributed by atoms with Gasteiger partial charge < -0.3 is 4.74 Å². The van der Waals surface area contributed by atoms with Crippen LogP contribution in [0.5, 0.6) is 0 Å². The summed E-state index contributed by atoms with van der Waals surface area (Å²) in [7, 11) is 0. The van der Waals surface area contributed by atoms with Gasteiger partial charge in [0.25, 0.3) is 0 Å². The molecule has 1 aliphatic heterocycles. The number of allylic oxidation sites excluding steroid dienone is 3. The Hall–Kier alpha value is -0.760. The minimum Gasteiger partial charge on any atom is -0.491 e. The van der Waals surface area contributed by atoms with Crippen LogP contribution >= 0.6 is 15.9 Å². The van der Waals surface area contributed by atoms with Crippen molar-refractivity contribution in [3.05, 3.63) is 47.2 Å². The van der Waals surface area contributed by atoms with E-state index in [1.165, 1.54) is 0 Å². The van der Waals surface area contributed by atoms with E-state index >= 15 is 0 Å². The first-order valence-corrected chi connectivity index (χ1v) is 4.48. The summed E-state index contributed by atoms with van der Waals surface area (Å²) in [4.78, 5) is 0. The Bertz CT molecular complexity index is 274. The number of halogens is 1. The predicted molar refractivity (Wildman–Crippen MR) is 55.0 cm³/mol. The predicted octanol–water partition coefficient (Wildman–Crippen LogP) is 3.31. The Morgan fingerprint density at radius 2 is 2.25 bits per heavy atom. The minimum atomic E-state index is 0.677. The van der Waals surface area contributed by atoms with E-state index < -0.39 is 0 Å². The molecule has 64 valence electrons. The van der Waals surface area contributed by atoms with Crippen LogP contribution in [0.25, 0.3) is 0 Å². The Kier molecular flexibility index (Phi) is 2.93. The lowest BCUT2D eigenvalue weighted by atomic mass is 10.0. The third kappa shape index (κ3) is 1.69. The molecule has 0 bridgehead atoms. The molecule has 0 saturated heterocycles. The van der Waals surface area contributed by atoms with Crippen molar-refractivity contribution in [1.29, 1.82) is 0 Å². The molecule has 0 amide bonds. The first-order valence-electron chi connectivity index (χ1n) is 3.69. The van der Waals surface area contributed by atoms with E-state index in [9.17, 15) is 0 Å². The van der Waals surface area contributed by atoms with Gasteiger partial charge in [-0.3, -0.25) is 0 Å². The zero-order chi connectivity index (χ0) is 9.14. The van der Waals surface area contributed by atoms with E-state index in [0.29, 0.717) is 6.61 Å². The number of hydrogen-bond donors (Lipinski definition) is 0. The van der Waals surface area contributed by atoms with Crippen molar-refractivity contribution in [3.8, 4) is 0 Å². The molecular weight excluding hydrogens is 216 g/mol. The lowest BCUT2D eigenvalue weighted by Gasteiger charge is -2.20. The number of rotatable bonds is 2. The van der Waals surface area contributed by atoms with E-state index in [1.807, 2.05) is 0 Å². The van der Waals surface area contributed by atoms with Crippen LogP contribution in [0.2, 0.25) is 0 Å². The van der Waals surface area contributed by atoms with Crippen LogP contribution in [0.4, 0.5) is 0 Å². The smallest absolute Gasteiger partial charge is 0.140 e. The molecule has 0 saturated carbocycles. The average molecular weight is 227 g/mol. The first kappa shape index (κ1) is 9.33. The highest BCUT2D eigenvalue weighted by Crippen LogP contribution is 2.30. The Morgan fingerprint density at radius 1 is 1.58 bits per heavy atom. The van der Waals surface area contributed by atoms with E-state index in [1.54, 1.807) is 6.08 Å². The lowest BCUT2D eigenvalue weighted by Crippen LogP contribution is -2.07. The van der Waals surface area contributed by atoms with Crippen molar-refractivity contribution >= 4 is 15.9 Å². The fraction of sp³-hybridized carbons (Fsp3) is 0.200. The maximum atomic E-state index is 5.41. The van der Waals surface area contributed by atoms with Crippen LogP contribution in [0, 0.1) is 0 Å². The molecule has 0 aliphatic carbocycles. The van der Waals surface area contributed by atoms with Crippen LogP contribution in [0.1, 0.15) is 6.42 Å². The molecule has 0 aromatic rings. The van der Waals surface area contributed by atoms with Gasteiger partial charge in [0.2, 0.25) is 0 Å². The normalized spacial score (nSPS) is 17.2. The molecule has 0 fully saturated rings. The zero-order valence-corrected chi connectivity index (χ0v) is 8.49. The molecule has 0 atom stereocenters. The molecule has 1 aliphatic rings. The van der Waals surface area contributed by atoms with Crippen LogP contribution in [-0.2, 0) is 4.74 Å². The molecule has 0 N–H and O–H groups in total. The summed E-state index contributed by atoms with van der Waals surface area (Å²) in [5.74, 6) is 0.765. The second-order valence-electron chi connectivity index (χ2n) is 2.55. The molecule has 1 nitrogen and oxygen atoms in total. The topological polar surface area (TPSA) is 9.23 Å². The molecule has 0 spiro atoms. The number of hydrogen-bond acceptors (Lipinski definition) is 1. The highest BCUT2D eigenvalue weighted by atomic mass is 79.9. The average Bonchev–Trinajstić information content (AvgIpc) is 2.03. The van der Waals surface area contributed by atoms with Gasteiger partial charge in [0.1, 0.15) is 5.76 Å². The molecule has 0 unspecified atom stereocenters. The Labute approximate surface area is 81.2 Å². The van der Waals surface area contributed by atoms with Gasteiger partial charge in [-0.1, -0.05) is 25.8 Å². The minimum absolute atomic E-state index is 0.677. The van der Waals surface area contributed by atoms with Crippen molar-refractivity contribution < 1.29 is 4.74 Å². The molecular formula is C10H11BrO. The van der Waals surface area contributed by atoms with Crippen molar-refractivity contribution in [1.82, 2.24) is 0 Å². The molecule has 1 heterocycles. The van der Waals surface area contributed by atoms with Gasteiger partial charge in [-0.05, 0) is 21.5 Å². The summed E-state index contributed by atoms with van der Waals surface area (Å²) < 4.78 is 6.16. The SMILES string of the molecule is C=CC1=C(C(=C)Br)OCCC1=C. The summed E-state index contributed by atoms with van der Waals surface area (Å²) >= 11 is 3.28. The largest absolute Gasteiger partial charge is 0.491 e. The Balaban J connectivity index is 3.10. The zero-order valence-electron chi connectivity index (χ0n) is 6.90. The van der Waals surface area contributed by atoms with Crippen LogP contribution < -0.4 is 0 Å². The molecule has 0 radical (unpaired) electrons. The standard InChI is InChI=1S/C10H11BrO/c1-4-9-7(2)5-6-12-10(9)8(3)11/h4H,1-3,5-6H2. The van der Waals surface area contributed by atoms with Gasteiger partial charge in [0, 0.05) is 12.0 Å². The molecule has 12 heavy (non-hydrogen) atoms. The number of ether oxygens (including phenoxy) is 1. The lowest BCUT2D eigenvalue weighted by molar-refractivity contribution is 0.215. The molecule has 0 aromatic carbocycles. The highest BCUT2D eigenvalue weighted by Gasteiger charge is 2.15. The molecule has 0 aromatic heterocycles. The fourth-order valence-electron chi connectivity index (χ4n) is 1.11. The summed E-state index contributed by atoms with van der Waals surface area (Å²) in [5.41, 5.74) is 2.02. The fourth-order valence-corrected chi connectivity index (χ4v) is 1.44. The van der Waals surface area contributed by atoms with E-state index in [2.05, 4.69) is 35.7 Å². The summed E-state index contributed by atoms with van der Waals surface area (Å²) in [6.45, 7) is 12.1. The van der Waals surface area contributed by atoms with Crippen molar-refractivity contribution in [3.63, 3.8) is 0 Å². The molecule has 1 rings (SSSR count). The van der Waals surface area contributed by atoms with Crippen molar-refractivity contribution in [2.45, 2.75) is 6.42 Å². The quantitative estimate of drug-likeness (QED) is 0.703.